The topological polar surface area (TPSA) is 93.7 Å². The number of rotatable bonds is 7. The maximum absolute atomic E-state index is 14.1. The molecule has 0 saturated heterocycles. The van der Waals surface area contributed by atoms with Crippen LogP contribution in [-0.2, 0) is 20.9 Å². The van der Waals surface area contributed by atoms with Gasteiger partial charge in [0.05, 0.1) is 6.61 Å². The lowest BCUT2D eigenvalue weighted by Gasteiger charge is -2.07. The van der Waals surface area contributed by atoms with Crippen LogP contribution >= 0.6 is 11.3 Å². The van der Waals surface area contributed by atoms with E-state index in [1.807, 2.05) is 5.32 Å². The normalized spacial score (nSPS) is 10.4. The number of carbonyl (C=O) groups excluding carboxylic acids is 3. The maximum atomic E-state index is 14.1. The first-order valence-corrected chi connectivity index (χ1v) is 8.34. The first kappa shape index (κ1) is 19.5. The summed E-state index contributed by atoms with van der Waals surface area (Å²) in [6, 6.07) is 3.78. The molecule has 2 aromatic rings. The number of ether oxygens (including phenoxy) is 2. The molecule has 0 aliphatic rings. The number of amides is 3. The minimum atomic E-state index is -0.792. The number of urea groups is 1. The molecule has 1 aromatic carbocycles. The van der Waals surface area contributed by atoms with E-state index in [1.54, 1.807) is 6.07 Å². The summed E-state index contributed by atoms with van der Waals surface area (Å²) in [6.07, 6.45) is 1.45. The smallest absolute Gasteiger partial charge is 0.349 e. The third-order valence-electron chi connectivity index (χ3n) is 3.23. The van der Waals surface area contributed by atoms with E-state index in [4.69, 9.17) is 9.47 Å². The average Bonchev–Trinajstić information content (AvgIpc) is 2.98. The van der Waals surface area contributed by atoms with Crippen LogP contribution in [0.2, 0.25) is 0 Å². The summed E-state index contributed by atoms with van der Waals surface area (Å²) < 4.78 is 24.6. The van der Waals surface area contributed by atoms with Crippen molar-refractivity contribution < 1.29 is 28.2 Å². The van der Waals surface area contributed by atoms with Crippen molar-refractivity contribution in [1.82, 2.24) is 10.6 Å². The lowest BCUT2D eigenvalue weighted by molar-refractivity contribution is -0.123. The van der Waals surface area contributed by atoms with Gasteiger partial charge in [-0.15, -0.1) is 17.9 Å². The van der Waals surface area contributed by atoms with Gasteiger partial charge in [0.2, 0.25) is 0 Å². The number of halogens is 1. The van der Waals surface area contributed by atoms with E-state index >= 15 is 0 Å². The molecule has 138 valence electrons. The Morgan fingerprint density at radius 1 is 1.35 bits per heavy atom. The Balaban J connectivity index is 2.08. The van der Waals surface area contributed by atoms with Gasteiger partial charge in [0, 0.05) is 29.3 Å². The number of imide groups is 1. The van der Waals surface area contributed by atoms with E-state index in [0.717, 1.165) is 11.3 Å². The standard InChI is InChI=1S/C17H17FN2O5S/c1-3-7-19-17(23)20-13(21)9-25-16(22)15-10(8-24-2)14-11(18)5-4-6-12(14)26-15/h3-6H,1,7-9H2,2H3,(H2,19,20,21,23). The van der Waals surface area contributed by atoms with Crippen molar-refractivity contribution in [3.63, 3.8) is 0 Å². The number of thiophene rings is 1. The first-order valence-electron chi connectivity index (χ1n) is 7.52. The van der Waals surface area contributed by atoms with Gasteiger partial charge in [0.15, 0.2) is 6.61 Å². The Hall–Kier alpha value is -2.78. The van der Waals surface area contributed by atoms with Crippen LogP contribution in [0.15, 0.2) is 30.9 Å². The molecule has 0 radical (unpaired) electrons. The molecule has 0 saturated carbocycles. The summed E-state index contributed by atoms with van der Waals surface area (Å²) in [4.78, 5) is 35.4. The molecule has 1 heterocycles. The number of nitrogens with one attached hydrogen (secondary N) is 2. The molecule has 0 aliphatic carbocycles. The number of hydrogen-bond acceptors (Lipinski definition) is 6. The van der Waals surface area contributed by atoms with Crippen LogP contribution in [0.1, 0.15) is 15.2 Å². The van der Waals surface area contributed by atoms with Crippen molar-refractivity contribution in [1.29, 1.82) is 0 Å². The van der Waals surface area contributed by atoms with Gasteiger partial charge < -0.3 is 14.8 Å². The second kappa shape index (κ2) is 9.07. The average molecular weight is 380 g/mol. The van der Waals surface area contributed by atoms with Crippen LogP contribution in [0.4, 0.5) is 9.18 Å². The molecule has 26 heavy (non-hydrogen) atoms. The maximum Gasteiger partial charge on any atom is 0.349 e. The number of fused-ring (bicyclic) bond motifs is 1. The highest BCUT2D eigenvalue weighted by Gasteiger charge is 2.22. The lowest BCUT2D eigenvalue weighted by Crippen LogP contribution is -2.41. The van der Waals surface area contributed by atoms with Crippen molar-refractivity contribution in [3.05, 3.63) is 47.1 Å². The molecule has 0 aliphatic heterocycles. The number of methoxy groups -OCH3 is 1. The molecule has 0 spiro atoms. The SMILES string of the molecule is C=CCNC(=O)NC(=O)COC(=O)c1sc2cccc(F)c2c1COC. The van der Waals surface area contributed by atoms with Gasteiger partial charge >= 0.3 is 12.0 Å². The fourth-order valence-electron chi connectivity index (χ4n) is 2.18. The predicted octanol–water partition coefficient (Wildman–Crippen LogP) is 2.36. The van der Waals surface area contributed by atoms with Crippen LogP contribution in [0.3, 0.4) is 0 Å². The van der Waals surface area contributed by atoms with Crippen LogP contribution in [0.25, 0.3) is 10.1 Å². The van der Waals surface area contributed by atoms with E-state index in [0.29, 0.717) is 15.6 Å². The van der Waals surface area contributed by atoms with E-state index < -0.39 is 30.3 Å². The van der Waals surface area contributed by atoms with E-state index in [9.17, 15) is 18.8 Å². The van der Waals surface area contributed by atoms with E-state index in [1.165, 1.54) is 25.3 Å². The number of carbonyl (C=O) groups is 3. The molecule has 0 atom stereocenters. The molecule has 0 fully saturated rings. The summed E-state index contributed by atoms with van der Waals surface area (Å²) >= 11 is 1.05. The molecule has 0 bridgehead atoms. The van der Waals surface area contributed by atoms with Gasteiger partial charge in [0.25, 0.3) is 5.91 Å². The minimum Gasteiger partial charge on any atom is -0.451 e. The van der Waals surface area contributed by atoms with E-state index in [-0.39, 0.29) is 18.0 Å². The molecule has 2 N–H and O–H groups in total. The number of hydrogen-bond donors (Lipinski definition) is 2. The van der Waals surface area contributed by atoms with Gasteiger partial charge in [-0.05, 0) is 12.1 Å². The Kier molecular flexibility index (Phi) is 6.81. The molecule has 7 nitrogen and oxygen atoms in total. The Labute approximate surface area is 152 Å². The van der Waals surface area contributed by atoms with Gasteiger partial charge in [-0.2, -0.15) is 0 Å². The molecule has 1 aromatic heterocycles. The van der Waals surface area contributed by atoms with Crippen LogP contribution in [-0.4, -0.2) is 38.2 Å². The van der Waals surface area contributed by atoms with Crippen molar-refractivity contribution >= 4 is 39.3 Å². The molecular formula is C17H17FN2O5S. The van der Waals surface area contributed by atoms with Crippen molar-refractivity contribution in [2.45, 2.75) is 6.61 Å². The zero-order valence-corrected chi connectivity index (χ0v) is 14.8. The largest absolute Gasteiger partial charge is 0.451 e. The fourth-order valence-corrected chi connectivity index (χ4v) is 3.30. The summed E-state index contributed by atoms with van der Waals surface area (Å²) in [5, 5.41) is 4.64. The van der Waals surface area contributed by atoms with Gasteiger partial charge in [0.1, 0.15) is 10.7 Å². The zero-order valence-electron chi connectivity index (χ0n) is 14.0. The summed E-state index contributed by atoms with van der Waals surface area (Å²) in [7, 11) is 1.43. The van der Waals surface area contributed by atoms with Gasteiger partial charge in [-0.25, -0.2) is 14.0 Å². The second-order valence-corrected chi connectivity index (χ2v) is 6.13. The van der Waals surface area contributed by atoms with Gasteiger partial charge in [-0.3, -0.25) is 10.1 Å². The van der Waals surface area contributed by atoms with Crippen molar-refractivity contribution in [2.75, 3.05) is 20.3 Å². The second-order valence-electron chi connectivity index (χ2n) is 5.08. The van der Waals surface area contributed by atoms with Gasteiger partial charge in [-0.1, -0.05) is 12.1 Å². The Morgan fingerprint density at radius 3 is 2.81 bits per heavy atom. The monoisotopic (exact) mass is 380 g/mol. The molecule has 0 unspecified atom stereocenters. The highest BCUT2D eigenvalue weighted by atomic mass is 32.1. The highest BCUT2D eigenvalue weighted by molar-refractivity contribution is 7.21. The third kappa shape index (κ3) is 4.64. The Bertz CT molecular complexity index is 849. The number of benzene rings is 1. The fraction of sp³-hybridized carbons (Fsp3) is 0.235. The Morgan fingerprint density at radius 2 is 2.12 bits per heavy atom. The predicted molar refractivity (Wildman–Crippen MR) is 94.5 cm³/mol. The van der Waals surface area contributed by atoms with Crippen molar-refractivity contribution in [3.8, 4) is 0 Å². The minimum absolute atomic E-state index is 0.0154. The lowest BCUT2D eigenvalue weighted by atomic mass is 10.1. The summed E-state index contributed by atoms with van der Waals surface area (Å²) in [5.74, 6) is -2.05. The molecule has 2 rings (SSSR count). The molecule has 3 amide bonds. The molecular weight excluding hydrogens is 363 g/mol. The van der Waals surface area contributed by atoms with Crippen LogP contribution in [0.5, 0.6) is 0 Å². The molecule has 9 heteroatoms. The zero-order chi connectivity index (χ0) is 19.1. The first-order chi connectivity index (χ1) is 12.5. The summed E-state index contributed by atoms with van der Waals surface area (Å²) in [5.41, 5.74) is 0.361. The quantitative estimate of drug-likeness (QED) is 0.568. The van der Waals surface area contributed by atoms with E-state index in [2.05, 4.69) is 11.9 Å². The number of esters is 1. The van der Waals surface area contributed by atoms with Crippen LogP contribution < -0.4 is 10.6 Å². The van der Waals surface area contributed by atoms with Crippen LogP contribution in [0, 0.1) is 5.82 Å². The summed E-state index contributed by atoms with van der Waals surface area (Å²) in [6.45, 7) is 2.97. The third-order valence-corrected chi connectivity index (χ3v) is 4.41. The van der Waals surface area contributed by atoms with Crippen molar-refractivity contribution in [2.24, 2.45) is 0 Å². The highest BCUT2D eigenvalue weighted by Crippen LogP contribution is 2.34.